The number of nitrogens with one attached hydrogen (secondary N) is 2. The first-order valence-electron chi connectivity index (χ1n) is 8.44. The van der Waals surface area contributed by atoms with Gasteiger partial charge in [-0.25, -0.2) is 4.79 Å². The lowest BCUT2D eigenvalue weighted by Gasteiger charge is -2.22. The zero-order valence-corrected chi connectivity index (χ0v) is 16.1. The Kier molecular flexibility index (Phi) is 6.13. The normalized spacial score (nSPS) is 19.7. The first kappa shape index (κ1) is 20.0. The highest BCUT2D eigenvalue weighted by atomic mass is 35.5. The van der Waals surface area contributed by atoms with Gasteiger partial charge in [0.2, 0.25) is 5.91 Å². The number of hydrogen-bond acceptors (Lipinski definition) is 4. The number of nitrogens with zero attached hydrogens (tertiary/aromatic N) is 1. The highest BCUT2D eigenvalue weighted by molar-refractivity contribution is 6.31. The first-order chi connectivity index (χ1) is 12.2. The molecule has 1 aromatic carbocycles. The van der Waals surface area contributed by atoms with E-state index in [-0.39, 0.29) is 6.54 Å². The van der Waals surface area contributed by atoms with Crippen LogP contribution in [0.15, 0.2) is 18.2 Å². The third kappa shape index (κ3) is 4.46. The van der Waals surface area contributed by atoms with Crippen molar-refractivity contribution in [2.45, 2.75) is 39.2 Å². The highest BCUT2D eigenvalue weighted by Crippen LogP contribution is 2.28. The molecule has 1 saturated heterocycles. The van der Waals surface area contributed by atoms with E-state index in [0.29, 0.717) is 28.8 Å². The number of benzene rings is 1. The van der Waals surface area contributed by atoms with Gasteiger partial charge in [-0.2, -0.15) is 0 Å². The Balaban J connectivity index is 2.06. The summed E-state index contributed by atoms with van der Waals surface area (Å²) in [6, 6.07) is 4.23. The molecule has 0 aromatic heterocycles. The number of halogens is 1. The molecule has 0 unspecified atom stereocenters. The summed E-state index contributed by atoms with van der Waals surface area (Å²) in [7, 11) is 1.47. The van der Waals surface area contributed by atoms with Crippen LogP contribution in [-0.4, -0.2) is 41.9 Å². The van der Waals surface area contributed by atoms with Crippen molar-refractivity contribution < 1.29 is 19.1 Å². The Morgan fingerprint density at radius 1 is 1.38 bits per heavy atom. The lowest BCUT2D eigenvalue weighted by molar-refractivity contribution is -0.133. The monoisotopic (exact) mass is 381 g/mol. The molecule has 2 rings (SSSR count). The van der Waals surface area contributed by atoms with E-state index in [2.05, 4.69) is 10.6 Å². The second-order valence-corrected chi connectivity index (χ2v) is 7.42. The fourth-order valence-electron chi connectivity index (χ4n) is 2.75. The number of amides is 4. The second-order valence-electron chi connectivity index (χ2n) is 6.98. The van der Waals surface area contributed by atoms with Crippen LogP contribution in [0.2, 0.25) is 5.02 Å². The molecule has 1 aromatic rings. The van der Waals surface area contributed by atoms with Crippen LogP contribution in [0.3, 0.4) is 0 Å². The molecule has 2 N–H and O–H groups in total. The van der Waals surface area contributed by atoms with Crippen LogP contribution in [0.25, 0.3) is 0 Å². The third-order valence-corrected chi connectivity index (χ3v) is 4.54. The zero-order valence-electron chi connectivity index (χ0n) is 15.4. The van der Waals surface area contributed by atoms with E-state index in [0.717, 1.165) is 11.3 Å². The van der Waals surface area contributed by atoms with Crippen molar-refractivity contribution in [2.24, 2.45) is 5.92 Å². The first-order valence-corrected chi connectivity index (χ1v) is 8.81. The molecule has 1 fully saturated rings. The summed E-state index contributed by atoms with van der Waals surface area (Å²) in [6.07, 6.45) is 1.32. The smallest absolute Gasteiger partial charge is 0.325 e. The van der Waals surface area contributed by atoms with Gasteiger partial charge in [-0.3, -0.25) is 14.5 Å². The topological polar surface area (TPSA) is 87.7 Å². The number of carbonyl (C=O) groups excluding carboxylic acids is 3. The van der Waals surface area contributed by atoms with Gasteiger partial charge in [-0.1, -0.05) is 25.4 Å². The number of urea groups is 1. The Labute approximate surface area is 158 Å². The highest BCUT2D eigenvalue weighted by Gasteiger charge is 2.47. The minimum atomic E-state index is -0.977. The van der Waals surface area contributed by atoms with Crippen LogP contribution < -0.4 is 15.4 Å². The number of imide groups is 1. The maximum Gasteiger partial charge on any atom is 0.325 e. The van der Waals surface area contributed by atoms with Crippen molar-refractivity contribution >= 4 is 35.1 Å². The molecule has 0 saturated carbocycles. The predicted molar refractivity (Wildman–Crippen MR) is 99.4 cm³/mol. The molecule has 1 aliphatic heterocycles. The molecule has 8 heteroatoms. The summed E-state index contributed by atoms with van der Waals surface area (Å²) in [5, 5.41) is 5.75. The summed E-state index contributed by atoms with van der Waals surface area (Å²) in [6.45, 7) is 5.41. The van der Waals surface area contributed by atoms with Crippen molar-refractivity contribution in [1.29, 1.82) is 0 Å². The van der Waals surface area contributed by atoms with E-state index in [1.807, 2.05) is 13.8 Å². The summed E-state index contributed by atoms with van der Waals surface area (Å²) >= 11 is 5.94. The van der Waals surface area contributed by atoms with Crippen molar-refractivity contribution in [1.82, 2.24) is 10.2 Å². The van der Waals surface area contributed by atoms with Crippen LogP contribution in [0.1, 0.15) is 33.6 Å². The Morgan fingerprint density at radius 2 is 2.08 bits per heavy atom. The fourth-order valence-corrected chi connectivity index (χ4v) is 2.92. The number of carbonyl (C=O) groups is 3. The Bertz CT molecular complexity index is 722. The summed E-state index contributed by atoms with van der Waals surface area (Å²) < 4.78 is 5.17. The van der Waals surface area contributed by atoms with Gasteiger partial charge in [0, 0.05) is 5.02 Å². The van der Waals surface area contributed by atoms with Gasteiger partial charge in [-0.15, -0.1) is 0 Å². The van der Waals surface area contributed by atoms with E-state index in [4.69, 9.17) is 16.3 Å². The van der Waals surface area contributed by atoms with Crippen molar-refractivity contribution in [3.8, 4) is 5.75 Å². The third-order valence-electron chi connectivity index (χ3n) is 4.30. The van der Waals surface area contributed by atoms with Crippen LogP contribution in [0.5, 0.6) is 5.75 Å². The number of rotatable bonds is 7. The van der Waals surface area contributed by atoms with Crippen molar-refractivity contribution in [3.05, 3.63) is 23.2 Å². The quantitative estimate of drug-likeness (QED) is 0.710. The van der Waals surface area contributed by atoms with Crippen LogP contribution in [0.4, 0.5) is 10.5 Å². The lowest BCUT2D eigenvalue weighted by Crippen LogP contribution is -2.44. The van der Waals surface area contributed by atoms with Gasteiger partial charge < -0.3 is 15.4 Å². The van der Waals surface area contributed by atoms with E-state index in [1.165, 1.54) is 13.2 Å². The molecule has 0 bridgehead atoms. The van der Waals surface area contributed by atoms with Crippen molar-refractivity contribution in [3.63, 3.8) is 0 Å². The van der Waals surface area contributed by atoms with Gasteiger partial charge in [-0.05, 0) is 43.9 Å². The number of ether oxygens (including phenoxy) is 1. The Hall–Kier alpha value is -2.28. The molecule has 4 amide bonds. The van der Waals surface area contributed by atoms with Gasteiger partial charge >= 0.3 is 6.03 Å². The number of anilines is 1. The zero-order chi connectivity index (χ0) is 19.5. The van der Waals surface area contributed by atoms with Crippen molar-refractivity contribution in [2.75, 3.05) is 19.0 Å². The number of hydrogen-bond donors (Lipinski definition) is 2. The second kappa shape index (κ2) is 7.95. The van der Waals surface area contributed by atoms with Gasteiger partial charge in [0.05, 0.1) is 12.8 Å². The molecule has 0 aliphatic carbocycles. The minimum Gasteiger partial charge on any atom is -0.495 e. The largest absolute Gasteiger partial charge is 0.495 e. The van der Waals surface area contributed by atoms with Gasteiger partial charge in [0.25, 0.3) is 5.91 Å². The molecule has 7 nitrogen and oxygen atoms in total. The maximum absolute atomic E-state index is 12.6. The van der Waals surface area contributed by atoms with E-state index >= 15 is 0 Å². The molecule has 1 heterocycles. The summed E-state index contributed by atoms with van der Waals surface area (Å²) in [4.78, 5) is 38.1. The van der Waals surface area contributed by atoms with E-state index < -0.39 is 23.4 Å². The Morgan fingerprint density at radius 3 is 2.69 bits per heavy atom. The summed E-state index contributed by atoms with van der Waals surface area (Å²) in [5.41, 5.74) is -0.602. The molecule has 0 spiro atoms. The molecular weight excluding hydrogens is 358 g/mol. The van der Waals surface area contributed by atoms with Crippen LogP contribution in [0, 0.1) is 5.92 Å². The van der Waals surface area contributed by atoms with Gasteiger partial charge in [0.15, 0.2) is 0 Å². The SMILES string of the molecule is COc1ccc(Cl)cc1NC(=O)CN1C(=O)N[C@](C)(CCC(C)C)C1=O. The number of methoxy groups -OCH3 is 1. The standard InChI is InChI=1S/C18H24ClN3O4/c1-11(2)7-8-18(3)16(24)22(17(25)21-18)10-15(23)20-13-9-12(19)5-6-14(13)26-4/h5-6,9,11H,7-8,10H2,1-4H3,(H,20,23)(H,21,25)/t18-/m1/s1. The molecule has 1 atom stereocenters. The van der Waals surface area contributed by atoms with E-state index in [9.17, 15) is 14.4 Å². The molecule has 26 heavy (non-hydrogen) atoms. The predicted octanol–water partition coefficient (Wildman–Crippen LogP) is 3.03. The fraction of sp³-hybridized carbons (Fsp3) is 0.500. The van der Waals surface area contributed by atoms with Crippen LogP contribution >= 0.6 is 11.6 Å². The average molecular weight is 382 g/mol. The summed E-state index contributed by atoms with van der Waals surface area (Å²) in [5.74, 6) is -0.0653. The molecular formula is C18H24ClN3O4. The van der Waals surface area contributed by atoms with E-state index in [1.54, 1.807) is 19.1 Å². The maximum atomic E-state index is 12.6. The lowest BCUT2D eigenvalue weighted by atomic mass is 9.92. The van der Waals surface area contributed by atoms with Crippen LogP contribution in [-0.2, 0) is 9.59 Å². The minimum absolute atomic E-state index is 0.375. The molecule has 1 aliphatic rings. The molecule has 0 radical (unpaired) electrons. The average Bonchev–Trinajstić information content (AvgIpc) is 2.77. The van der Waals surface area contributed by atoms with Gasteiger partial charge in [0.1, 0.15) is 17.8 Å². The molecule has 142 valence electrons.